The van der Waals surface area contributed by atoms with E-state index in [1.165, 1.54) is 11.3 Å². The van der Waals surface area contributed by atoms with Crippen LogP contribution < -0.4 is 4.80 Å². The number of aromatic nitrogens is 1. The quantitative estimate of drug-likeness (QED) is 0.507. The molecule has 0 unspecified atom stereocenters. The van der Waals surface area contributed by atoms with Crippen LogP contribution >= 0.6 is 11.3 Å². The number of hydrogen-bond acceptors (Lipinski definition) is 4. The van der Waals surface area contributed by atoms with Crippen molar-refractivity contribution in [2.24, 2.45) is 4.99 Å². The lowest BCUT2D eigenvalue weighted by Gasteiger charge is -2.10. The average molecular weight is 391 g/mol. The van der Waals surface area contributed by atoms with Crippen LogP contribution in [-0.4, -0.2) is 33.7 Å². The number of allylic oxidation sites excluding steroid dienone is 1. The maximum absolute atomic E-state index is 12.6. The standard InChI is InChI=1S/C21H17N3O3S/c1-3-10-23-16-9-8-13(2)11-17(16)28-21(23)22-18(25)12-24-19(26)14-6-4-5-7-15(14)20(24)27/h3-9,11H,1,10,12H2,2H3. The zero-order chi connectivity index (χ0) is 19.8. The highest BCUT2D eigenvalue weighted by molar-refractivity contribution is 7.16. The van der Waals surface area contributed by atoms with Gasteiger partial charge in [-0.05, 0) is 36.8 Å². The highest BCUT2D eigenvalue weighted by atomic mass is 32.1. The van der Waals surface area contributed by atoms with Gasteiger partial charge in [-0.3, -0.25) is 19.3 Å². The molecule has 140 valence electrons. The lowest BCUT2D eigenvalue weighted by atomic mass is 10.1. The molecule has 0 bridgehead atoms. The van der Waals surface area contributed by atoms with E-state index >= 15 is 0 Å². The Labute approximate surface area is 165 Å². The van der Waals surface area contributed by atoms with Crippen LogP contribution in [0.25, 0.3) is 10.2 Å². The molecule has 4 rings (SSSR count). The number of hydrogen-bond donors (Lipinski definition) is 0. The van der Waals surface area contributed by atoms with Crippen LogP contribution in [-0.2, 0) is 11.3 Å². The molecule has 28 heavy (non-hydrogen) atoms. The van der Waals surface area contributed by atoms with Crippen LogP contribution in [0.15, 0.2) is 60.1 Å². The van der Waals surface area contributed by atoms with E-state index in [1.54, 1.807) is 30.3 Å². The summed E-state index contributed by atoms with van der Waals surface area (Å²) in [4.78, 5) is 43.1. The third-order valence-electron chi connectivity index (χ3n) is 4.54. The van der Waals surface area contributed by atoms with E-state index in [-0.39, 0.29) is 6.54 Å². The van der Waals surface area contributed by atoms with Crippen molar-refractivity contribution >= 4 is 39.3 Å². The molecule has 0 aliphatic carbocycles. The SMILES string of the molecule is C=CCn1c(=NC(=O)CN2C(=O)c3ccccc3C2=O)sc2cc(C)ccc21. The van der Waals surface area contributed by atoms with E-state index in [9.17, 15) is 14.4 Å². The highest BCUT2D eigenvalue weighted by Gasteiger charge is 2.36. The van der Waals surface area contributed by atoms with Crippen molar-refractivity contribution in [3.63, 3.8) is 0 Å². The minimum atomic E-state index is -0.546. The summed E-state index contributed by atoms with van der Waals surface area (Å²) in [6, 6.07) is 12.6. The first-order valence-electron chi connectivity index (χ1n) is 8.73. The zero-order valence-corrected chi connectivity index (χ0v) is 16.0. The molecule has 0 saturated heterocycles. The summed E-state index contributed by atoms with van der Waals surface area (Å²) in [5.41, 5.74) is 2.71. The van der Waals surface area contributed by atoms with E-state index in [1.807, 2.05) is 29.7 Å². The summed E-state index contributed by atoms with van der Waals surface area (Å²) in [5.74, 6) is -1.47. The van der Waals surface area contributed by atoms with Gasteiger partial charge in [0, 0.05) is 6.54 Å². The van der Waals surface area contributed by atoms with Gasteiger partial charge in [-0.1, -0.05) is 35.6 Å². The summed E-state index contributed by atoms with van der Waals surface area (Å²) < 4.78 is 2.90. The third kappa shape index (κ3) is 2.99. The maximum Gasteiger partial charge on any atom is 0.268 e. The maximum atomic E-state index is 12.6. The monoisotopic (exact) mass is 391 g/mol. The van der Waals surface area contributed by atoms with Gasteiger partial charge >= 0.3 is 0 Å². The van der Waals surface area contributed by atoms with Crippen molar-refractivity contribution in [1.29, 1.82) is 0 Å². The molecule has 2 heterocycles. The Kier molecular flexibility index (Phi) is 4.52. The molecule has 0 atom stereocenters. The first-order valence-corrected chi connectivity index (χ1v) is 9.55. The number of carbonyl (C=O) groups is 3. The van der Waals surface area contributed by atoms with Gasteiger partial charge in [-0.25, -0.2) is 0 Å². The van der Waals surface area contributed by atoms with Crippen molar-refractivity contribution in [2.45, 2.75) is 13.5 Å². The topological polar surface area (TPSA) is 71.7 Å². The number of carbonyl (C=O) groups excluding carboxylic acids is 3. The van der Waals surface area contributed by atoms with Gasteiger partial charge in [-0.15, -0.1) is 6.58 Å². The Balaban J connectivity index is 1.68. The van der Waals surface area contributed by atoms with Crippen LogP contribution in [0.5, 0.6) is 0 Å². The van der Waals surface area contributed by atoms with Crippen LogP contribution in [0.1, 0.15) is 26.3 Å². The van der Waals surface area contributed by atoms with Gasteiger partial charge in [0.1, 0.15) is 6.54 Å². The van der Waals surface area contributed by atoms with Gasteiger partial charge in [0.25, 0.3) is 17.7 Å². The van der Waals surface area contributed by atoms with E-state index in [0.29, 0.717) is 22.5 Å². The predicted molar refractivity (Wildman–Crippen MR) is 107 cm³/mol. The Morgan fingerprint density at radius 3 is 2.46 bits per heavy atom. The van der Waals surface area contributed by atoms with Gasteiger partial charge < -0.3 is 4.57 Å². The molecule has 1 aliphatic heterocycles. The molecule has 7 heteroatoms. The van der Waals surface area contributed by atoms with E-state index < -0.39 is 17.7 Å². The molecule has 6 nitrogen and oxygen atoms in total. The fraction of sp³-hybridized carbons (Fsp3) is 0.143. The average Bonchev–Trinajstić information content (AvgIpc) is 3.12. The molecular formula is C21H17N3O3S. The Hall–Kier alpha value is -3.32. The molecule has 0 fully saturated rings. The minimum absolute atomic E-state index is 0.319. The minimum Gasteiger partial charge on any atom is -0.313 e. The van der Waals surface area contributed by atoms with Crippen LogP contribution in [0.4, 0.5) is 0 Å². The first kappa shape index (κ1) is 18.1. The number of nitrogens with zero attached hydrogens (tertiary/aromatic N) is 3. The molecule has 3 amide bonds. The number of rotatable bonds is 4. The smallest absolute Gasteiger partial charge is 0.268 e. The molecule has 1 aliphatic rings. The van der Waals surface area contributed by atoms with Crippen molar-refractivity contribution in [3.05, 3.63) is 76.6 Å². The Bertz CT molecular complexity index is 1180. The number of fused-ring (bicyclic) bond motifs is 2. The fourth-order valence-corrected chi connectivity index (χ4v) is 4.39. The van der Waals surface area contributed by atoms with Crippen molar-refractivity contribution in [2.75, 3.05) is 6.54 Å². The number of imide groups is 1. The highest BCUT2D eigenvalue weighted by Crippen LogP contribution is 2.22. The zero-order valence-electron chi connectivity index (χ0n) is 15.2. The second kappa shape index (κ2) is 7.01. The lowest BCUT2D eigenvalue weighted by molar-refractivity contribution is -0.118. The second-order valence-electron chi connectivity index (χ2n) is 6.50. The van der Waals surface area contributed by atoms with E-state index in [4.69, 9.17) is 0 Å². The van der Waals surface area contributed by atoms with Crippen LogP contribution in [0.3, 0.4) is 0 Å². The summed E-state index contributed by atoms with van der Waals surface area (Å²) in [5, 5.41) is 0. The first-order chi connectivity index (χ1) is 13.5. The molecule has 1 aromatic heterocycles. The van der Waals surface area contributed by atoms with Crippen molar-refractivity contribution in [3.8, 4) is 0 Å². The molecule has 0 radical (unpaired) electrons. The number of benzene rings is 2. The summed E-state index contributed by atoms with van der Waals surface area (Å²) in [6.07, 6.45) is 1.74. The summed E-state index contributed by atoms with van der Waals surface area (Å²) >= 11 is 1.39. The van der Waals surface area contributed by atoms with Gasteiger partial charge in [-0.2, -0.15) is 4.99 Å². The Morgan fingerprint density at radius 2 is 1.82 bits per heavy atom. The van der Waals surface area contributed by atoms with Crippen LogP contribution in [0, 0.1) is 6.92 Å². The van der Waals surface area contributed by atoms with Crippen molar-refractivity contribution < 1.29 is 14.4 Å². The van der Waals surface area contributed by atoms with Gasteiger partial charge in [0.05, 0.1) is 21.3 Å². The molecule has 3 aromatic rings. The van der Waals surface area contributed by atoms with E-state index in [0.717, 1.165) is 20.7 Å². The Morgan fingerprint density at radius 1 is 1.14 bits per heavy atom. The third-order valence-corrected chi connectivity index (χ3v) is 5.58. The van der Waals surface area contributed by atoms with Crippen molar-refractivity contribution in [1.82, 2.24) is 9.47 Å². The largest absolute Gasteiger partial charge is 0.313 e. The molecule has 2 aromatic carbocycles. The van der Waals surface area contributed by atoms with Crippen LogP contribution in [0.2, 0.25) is 0 Å². The summed E-state index contributed by atoms with van der Waals surface area (Å²) in [6.45, 7) is 5.89. The predicted octanol–water partition coefficient (Wildman–Crippen LogP) is 2.92. The normalized spacial score (nSPS) is 14.0. The number of aryl methyl sites for hydroxylation is 1. The second-order valence-corrected chi connectivity index (χ2v) is 7.51. The van der Waals surface area contributed by atoms with Gasteiger partial charge in [0.15, 0.2) is 4.80 Å². The molecule has 0 spiro atoms. The van der Waals surface area contributed by atoms with E-state index in [2.05, 4.69) is 11.6 Å². The lowest BCUT2D eigenvalue weighted by Crippen LogP contribution is -2.35. The number of amides is 3. The summed E-state index contributed by atoms with van der Waals surface area (Å²) in [7, 11) is 0. The number of thiazole rings is 1. The van der Waals surface area contributed by atoms with Gasteiger partial charge in [0.2, 0.25) is 0 Å². The molecule has 0 saturated carbocycles. The fourth-order valence-electron chi connectivity index (χ4n) is 3.23. The molecular weight excluding hydrogens is 374 g/mol. The molecule has 0 N–H and O–H groups in total.